The van der Waals surface area contributed by atoms with E-state index in [-0.39, 0.29) is 10.9 Å². The van der Waals surface area contributed by atoms with Crippen LogP contribution < -0.4 is 4.72 Å². The molecule has 0 bridgehead atoms. The molecule has 3 unspecified atom stereocenters. The van der Waals surface area contributed by atoms with E-state index >= 15 is 0 Å². The molecule has 1 aromatic carbocycles. The van der Waals surface area contributed by atoms with Crippen LogP contribution in [0.25, 0.3) is 0 Å². The molecular weight excluding hydrogens is 345 g/mol. The van der Waals surface area contributed by atoms with Crippen molar-refractivity contribution in [2.24, 2.45) is 11.8 Å². The highest BCUT2D eigenvalue weighted by Gasteiger charge is 2.29. The van der Waals surface area contributed by atoms with Crippen molar-refractivity contribution < 1.29 is 12.8 Å². The van der Waals surface area contributed by atoms with Gasteiger partial charge in [0.1, 0.15) is 10.7 Å². The van der Waals surface area contributed by atoms with Gasteiger partial charge >= 0.3 is 0 Å². The summed E-state index contributed by atoms with van der Waals surface area (Å²) in [5.41, 5.74) is 0. The molecule has 1 fully saturated rings. The summed E-state index contributed by atoms with van der Waals surface area (Å²) in [4.78, 5) is -0.285. The lowest BCUT2D eigenvalue weighted by Crippen LogP contribution is -2.40. The summed E-state index contributed by atoms with van der Waals surface area (Å²) in [5, 5.41) is 0. The summed E-state index contributed by atoms with van der Waals surface area (Å²) in [7, 11) is -3.79. The van der Waals surface area contributed by atoms with Crippen LogP contribution in [0.4, 0.5) is 4.39 Å². The highest BCUT2D eigenvalue weighted by Crippen LogP contribution is 2.30. The fourth-order valence-electron chi connectivity index (χ4n) is 2.63. The summed E-state index contributed by atoms with van der Waals surface area (Å²) >= 11 is 3.12. The van der Waals surface area contributed by atoms with Crippen molar-refractivity contribution in [2.45, 2.75) is 44.0 Å². The van der Waals surface area contributed by atoms with Crippen molar-refractivity contribution >= 4 is 26.0 Å². The van der Waals surface area contributed by atoms with Gasteiger partial charge < -0.3 is 0 Å². The quantitative estimate of drug-likeness (QED) is 0.889. The predicted molar refractivity (Wildman–Crippen MR) is 80.4 cm³/mol. The second-order valence-electron chi connectivity index (χ2n) is 5.66. The number of halogens is 2. The molecule has 0 aliphatic heterocycles. The summed E-state index contributed by atoms with van der Waals surface area (Å²) in [6, 6.07) is 3.88. The molecule has 0 amide bonds. The zero-order valence-electron chi connectivity index (χ0n) is 11.6. The Morgan fingerprint density at radius 3 is 2.55 bits per heavy atom. The van der Waals surface area contributed by atoms with Gasteiger partial charge in [0, 0.05) is 10.5 Å². The molecule has 20 heavy (non-hydrogen) atoms. The Morgan fingerprint density at radius 1 is 1.25 bits per heavy atom. The van der Waals surface area contributed by atoms with E-state index in [4.69, 9.17) is 0 Å². The first-order valence-corrected chi connectivity index (χ1v) is 9.04. The highest BCUT2D eigenvalue weighted by molar-refractivity contribution is 9.10. The molecule has 3 atom stereocenters. The molecule has 1 saturated carbocycles. The minimum atomic E-state index is -3.79. The Kier molecular flexibility index (Phi) is 4.87. The maximum Gasteiger partial charge on any atom is 0.243 e. The fourth-order valence-corrected chi connectivity index (χ4v) is 4.31. The lowest BCUT2D eigenvalue weighted by molar-refractivity contribution is 0.241. The number of nitrogens with one attached hydrogen (secondary N) is 1. The van der Waals surface area contributed by atoms with Crippen LogP contribution in [-0.4, -0.2) is 14.5 Å². The Hall–Kier alpha value is -0.460. The van der Waals surface area contributed by atoms with Crippen LogP contribution in [-0.2, 0) is 10.0 Å². The Labute approximate surface area is 128 Å². The molecule has 0 aromatic heterocycles. The van der Waals surface area contributed by atoms with Gasteiger partial charge in [-0.25, -0.2) is 17.5 Å². The second kappa shape index (κ2) is 6.12. The van der Waals surface area contributed by atoms with E-state index in [9.17, 15) is 12.8 Å². The van der Waals surface area contributed by atoms with Crippen LogP contribution in [0.1, 0.15) is 33.1 Å². The third kappa shape index (κ3) is 3.59. The van der Waals surface area contributed by atoms with Crippen LogP contribution >= 0.6 is 15.9 Å². The average molecular weight is 364 g/mol. The van der Waals surface area contributed by atoms with Gasteiger partial charge in [0.25, 0.3) is 0 Å². The lowest BCUT2D eigenvalue weighted by Gasteiger charge is -2.32. The van der Waals surface area contributed by atoms with Crippen molar-refractivity contribution in [2.75, 3.05) is 0 Å². The summed E-state index contributed by atoms with van der Waals surface area (Å²) in [5.74, 6) is 0.357. The van der Waals surface area contributed by atoms with Crippen LogP contribution in [0.5, 0.6) is 0 Å². The van der Waals surface area contributed by atoms with Crippen molar-refractivity contribution in [1.29, 1.82) is 0 Å². The van der Waals surface area contributed by atoms with Gasteiger partial charge in [-0.3, -0.25) is 0 Å². The first-order valence-electron chi connectivity index (χ1n) is 6.77. The lowest BCUT2D eigenvalue weighted by atomic mass is 9.79. The number of sulfonamides is 1. The van der Waals surface area contributed by atoms with Crippen molar-refractivity contribution in [3.05, 3.63) is 28.5 Å². The van der Waals surface area contributed by atoms with E-state index in [1.54, 1.807) is 0 Å². The minimum Gasteiger partial charge on any atom is -0.208 e. The summed E-state index contributed by atoms with van der Waals surface area (Å²) in [6.07, 6.45) is 2.61. The predicted octanol–water partition coefficient (Wildman–Crippen LogP) is 3.69. The zero-order chi connectivity index (χ0) is 14.9. The van der Waals surface area contributed by atoms with E-state index in [0.717, 1.165) is 19.3 Å². The maximum absolute atomic E-state index is 13.8. The number of hydrogen-bond acceptors (Lipinski definition) is 2. The second-order valence-corrected chi connectivity index (χ2v) is 8.26. The number of rotatable bonds is 3. The molecule has 1 aliphatic rings. The summed E-state index contributed by atoms with van der Waals surface area (Å²) < 4.78 is 41.5. The first kappa shape index (κ1) is 15.9. The van der Waals surface area contributed by atoms with Crippen molar-refractivity contribution in [3.63, 3.8) is 0 Å². The van der Waals surface area contributed by atoms with E-state index in [0.29, 0.717) is 16.3 Å². The molecule has 2 rings (SSSR count). The van der Waals surface area contributed by atoms with Gasteiger partial charge in [-0.1, -0.05) is 29.8 Å². The molecule has 0 radical (unpaired) electrons. The van der Waals surface area contributed by atoms with Crippen molar-refractivity contribution in [1.82, 2.24) is 4.72 Å². The SMILES string of the molecule is CC1CCC(NS(=O)(=O)c2ccc(Br)cc2F)CC1C. The Bertz CT molecular complexity index is 591. The fraction of sp³-hybridized carbons (Fsp3) is 0.571. The maximum atomic E-state index is 13.8. The van der Waals surface area contributed by atoms with Crippen molar-refractivity contribution in [3.8, 4) is 0 Å². The molecule has 6 heteroatoms. The van der Waals surface area contributed by atoms with Crippen LogP contribution in [0.15, 0.2) is 27.6 Å². The first-order chi connectivity index (χ1) is 9.29. The van der Waals surface area contributed by atoms with Crippen LogP contribution in [0.3, 0.4) is 0 Å². The van der Waals surface area contributed by atoms with Crippen LogP contribution in [0.2, 0.25) is 0 Å². The molecule has 0 spiro atoms. The highest BCUT2D eigenvalue weighted by atomic mass is 79.9. The van der Waals surface area contributed by atoms with Crippen LogP contribution in [0, 0.1) is 17.7 Å². The molecule has 0 heterocycles. The van der Waals surface area contributed by atoms with Gasteiger partial charge in [-0.05, 0) is 49.3 Å². The zero-order valence-corrected chi connectivity index (χ0v) is 14.0. The van der Waals surface area contributed by atoms with Gasteiger partial charge in [0.2, 0.25) is 10.0 Å². The van der Waals surface area contributed by atoms with E-state index in [1.165, 1.54) is 18.2 Å². The smallest absolute Gasteiger partial charge is 0.208 e. The van der Waals surface area contributed by atoms with Gasteiger partial charge in [-0.15, -0.1) is 0 Å². The third-order valence-corrected chi connectivity index (χ3v) is 6.15. The standard InChI is InChI=1S/C14H19BrFNO2S/c1-9-3-5-12(7-10(9)2)17-20(18,19)14-6-4-11(15)8-13(14)16/h4,6,8-10,12,17H,3,5,7H2,1-2H3. The number of hydrogen-bond donors (Lipinski definition) is 1. The third-order valence-electron chi connectivity index (χ3n) is 4.10. The summed E-state index contributed by atoms with van der Waals surface area (Å²) in [6.45, 7) is 4.31. The molecular formula is C14H19BrFNO2S. The van der Waals surface area contributed by atoms with Gasteiger partial charge in [0.05, 0.1) is 0 Å². The molecule has 1 aliphatic carbocycles. The topological polar surface area (TPSA) is 46.2 Å². The average Bonchev–Trinajstić information content (AvgIpc) is 2.33. The number of benzene rings is 1. The van der Waals surface area contributed by atoms with E-state index in [2.05, 4.69) is 34.5 Å². The van der Waals surface area contributed by atoms with E-state index < -0.39 is 15.8 Å². The van der Waals surface area contributed by atoms with E-state index in [1.807, 2.05) is 0 Å². The molecule has 112 valence electrons. The van der Waals surface area contributed by atoms with Gasteiger partial charge in [0.15, 0.2) is 0 Å². The Morgan fingerprint density at radius 2 is 1.95 bits per heavy atom. The molecule has 0 saturated heterocycles. The molecule has 3 nitrogen and oxygen atoms in total. The monoisotopic (exact) mass is 363 g/mol. The largest absolute Gasteiger partial charge is 0.243 e. The Balaban J connectivity index is 2.15. The van der Waals surface area contributed by atoms with Gasteiger partial charge in [-0.2, -0.15) is 0 Å². The normalized spacial score (nSPS) is 27.5. The molecule has 1 aromatic rings. The minimum absolute atomic E-state index is 0.103. The molecule has 1 N–H and O–H groups in total.